The molecule has 0 saturated heterocycles. The Labute approximate surface area is 120 Å². The fraction of sp³-hybridized carbons (Fsp3) is 0.375. The molecule has 0 N–H and O–H groups in total. The molecule has 1 aromatic rings. The van der Waals surface area contributed by atoms with Crippen LogP contribution in [0.15, 0.2) is 47.7 Å². The molecular weight excluding hydrogens is 415 g/mol. The summed E-state index contributed by atoms with van der Waals surface area (Å²) < 4.78 is 0. The van der Waals surface area contributed by atoms with Gasteiger partial charge in [-0.1, -0.05) is 60.8 Å². The minimum atomic E-state index is -0.634. The Morgan fingerprint density at radius 1 is 1.00 bits per heavy atom. The zero-order chi connectivity index (χ0) is 13.5. The van der Waals surface area contributed by atoms with Crippen molar-refractivity contribution in [1.29, 1.82) is 0 Å². The monoisotopic (exact) mass is 440 g/mol. The molecule has 0 amide bonds. The van der Waals surface area contributed by atoms with Gasteiger partial charge >= 0.3 is 33.3 Å². The average molecular weight is 441 g/mol. The molecule has 2 heteroatoms. The van der Waals surface area contributed by atoms with E-state index in [4.69, 9.17) is 0 Å². The van der Waals surface area contributed by atoms with E-state index in [1.54, 1.807) is 5.20 Å². The topological polar surface area (TPSA) is 0 Å². The van der Waals surface area contributed by atoms with Crippen LogP contribution in [0, 0.1) is 0 Å². The fourth-order valence-electron chi connectivity index (χ4n) is 1.97. The predicted octanol–water partition coefficient (Wildman–Crippen LogP) is 5.17. The maximum absolute atomic E-state index is 2.41. The van der Waals surface area contributed by atoms with Crippen molar-refractivity contribution in [2.45, 2.75) is 35.5 Å². The van der Waals surface area contributed by atoms with Crippen molar-refractivity contribution < 1.29 is 17.3 Å². The first-order chi connectivity index (χ1) is 8.52. The van der Waals surface area contributed by atoms with Gasteiger partial charge < -0.3 is 0 Å². The van der Waals surface area contributed by atoms with Crippen molar-refractivity contribution in [3.8, 4) is 0 Å². The number of allylic oxidation sites excluding steroid dienone is 4. The summed E-state index contributed by atoms with van der Waals surface area (Å²) in [4.78, 5) is 0. The average Bonchev–Trinajstić information content (AvgIpc) is 2.78. The van der Waals surface area contributed by atoms with Gasteiger partial charge in [0.05, 0.1) is 8.80 Å². The third-order valence-corrected chi connectivity index (χ3v) is 4.69. The Hall–Kier alpha value is -0.395. The SMILES string of the molecule is C[SiH](C)C1=C(c2ccccc2)C=CC1.[CH3][Pt]([CH3])[CH3]. The summed E-state index contributed by atoms with van der Waals surface area (Å²) in [7, 11) is -0.634. The Balaban J connectivity index is 0.000000357. The summed E-state index contributed by atoms with van der Waals surface area (Å²) in [5.74, 6) is 0. The van der Waals surface area contributed by atoms with E-state index >= 15 is 0 Å². The zero-order valence-electron chi connectivity index (χ0n) is 12.1. The molecule has 1 aliphatic rings. The number of hydrogen-bond donors (Lipinski definition) is 0. The Morgan fingerprint density at radius 2 is 1.56 bits per heavy atom. The van der Waals surface area contributed by atoms with E-state index in [2.05, 4.69) is 71.5 Å². The molecule has 0 aromatic heterocycles. The van der Waals surface area contributed by atoms with Crippen LogP contribution in [-0.4, -0.2) is 8.80 Å². The van der Waals surface area contributed by atoms with Gasteiger partial charge in [-0.3, -0.25) is 0 Å². The van der Waals surface area contributed by atoms with E-state index in [1.807, 2.05) is 0 Å². The Morgan fingerprint density at radius 3 is 2.06 bits per heavy atom. The standard InChI is InChI=1S/C13H16Si.3CH3.Pt/c1-14(2)13-10-6-9-12(13)11-7-4-3-5-8-11;;;;/h3-9,14H,10H2,1-2H3;3*1H3;. The molecule has 0 atom stereocenters. The minimum absolute atomic E-state index is 0.269. The summed E-state index contributed by atoms with van der Waals surface area (Å²) in [5, 5.41) is 8.68. The van der Waals surface area contributed by atoms with E-state index < -0.39 is 8.80 Å². The first-order valence-corrected chi connectivity index (χ1v) is 15.9. The molecule has 2 rings (SSSR count). The van der Waals surface area contributed by atoms with Gasteiger partial charge in [0.2, 0.25) is 0 Å². The Kier molecular flexibility index (Phi) is 6.89. The number of benzene rings is 1. The van der Waals surface area contributed by atoms with E-state index in [-0.39, 0.29) is 17.3 Å². The van der Waals surface area contributed by atoms with E-state index in [0.717, 1.165) is 0 Å². The first kappa shape index (κ1) is 15.7. The van der Waals surface area contributed by atoms with Crippen molar-refractivity contribution in [2.24, 2.45) is 0 Å². The molecule has 0 spiro atoms. The molecule has 0 aliphatic heterocycles. The van der Waals surface area contributed by atoms with Crippen molar-refractivity contribution in [3.63, 3.8) is 0 Å². The van der Waals surface area contributed by atoms with Crippen LogP contribution in [-0.2, 0) is 17.3 Å². The third-order valence-electron chi connectivity index (χ3n) is 2.75. The van der Waals surface area contributed by atoms with Crippen LogP contribution in [0.3, 0.4) is 0 Å². The first-order valence-electron chi connectivity index (χ1n) is 6.19. The maximum atomic E-state index is 2.41. The molecule has 0 radical (unpaired) electrons. The fourth-order valence-corrected chi connectivity index (χ4v) is 3.46. The summed E-state index contributed by atoms with van der Waals surface area (Å²) in [6, 6.07) is 10.7. The molecule has 0 fully saturated rings. The van der Waals surface area contributed by atoms with Crippen LogP contribution in [0.25, 0.3) is 5.57 Å². The molecule has 0 saturated carbocycles. The van der Waals surface area contributed by atoms with Crippen LogP contribution in [0.2, 0.25) is 29.0 Å². The van der Waals surface area contributed by atoms with Gasteiger partial charge in [-0.25, -0.2) is 0 Å². The molecule has 1 aliphatic carbocycles. The second-order valence-electron chi connectivity index (χ2n) is 5.01. The molecule has 103 valence electrons. The predicted molar refractivity (Wildman–Crippen MR) is 83.6 cm³/mol. The van der Waals surface area contributed by atoms with Crippen molar-refractivity contribution >= 4 is 14.4 Å². The van der Waals surface area contributed by atoms with Crippen LogP contribution in [0.1, 0.15) is 12.0 Å². The van der Waals surface area contributed by atoms with Gasteiger partial charge in [-0.05, 0) is 17.6 Å². The molecule has 18 heavy (non-hydrogen) atoms. The van der Waals surface area contributed by atoms with Gasteiger partial charge in [0.25, 0.3) is 0 Å². The number of rotatable bonds is 2. The third kappa shape index (κ3) is 5.08. The normalized spacial score (nSPS) is 14.7. The summed E-state index contributed by atoms with van der Waals surface area (Å²) in [5.41, 5.74) is 2.88. The van der Waals surface area contributed by atoms with Crippen LogP contribution < -0.4 is 0 Å². The van der Waals surface area contributed by atoms with Crippen molar-refractivity contribution in [3.05, 3.63) is 53.2 Å². The summed E-state index contributed by atoms with van der Waals surface area (Å²) in [6.07, 6.45) is 5.77. The molecular formula is C16H25PtSi. The molecule has 0 bridgehead atoms. The zero-order valence-corrected chi connectivity index (χ0v) is 15.6. The van der Waals surface area contributed by atoms with Crippen molar-refractivity contribution in [2.75, 3.05) is 0 Å². The molecule has 1 aromatic carbocycles. The van der Waals surface area contributed by atoms with Gasteiger partial charge in [0.1, 0.15) is 0 Å². The quantitative estimate of drug-likeness (QED) is 0.557. The molecule has 0 heterocycles. The van der Waals surface area contributed by atoms with Gasteiger partial charge in [0.15, 0.2) is 0 Å². The van der Waals surface area contributed by atoms with E-state index in [0.29, 0.717) is 0 Å². The van der Waals surface area contributed by atoms with Gasteiger partial charge in [0, 0.05) is 0 Å². The molecule has 0 unspecified atom stereocenters. The van der Waals surface area contributed by atoms with Gasteiger partial charge in [-0.2, -0.15) is 0 Å². The summed E-state index contributed by atoms with van der Waals surface area (Å²) >= 11 is -0.269. The molecule has 0 nitrogen and oxygen atoms in total. The van der Waals surface area contributed by atoms with Crippen LogP contribution in [0.5, 0.6) is 0 Å². The van der Waals surface area contributed by atoms with E-state index in [9.17, 15) is 0 Å². The number of hydrogen-bond acceptors (Lipinski definition) is 0. The summed E-state index contributed by atoms with van der Waals surface area (Å²) in [6.45, 7) is 4.82. The van der Waals surface area contributed by atoms with Crippen LogP contribution >= 0.6 is 0 Å². The second kappa shape index (κ2) is 7.91. The van der Waals surface area contributed by atoms with Crippen molar-refractivity contribution in [1.82, 2.24) is 0 Å². The van der Waals surface area contributed by atoms with E-state index in [1.165, 1.54) is 17.6 Å². The van der Waals surface area contributed by atoms with Gasteiger partial charge in [-0.15, -0.1) is 0 Å². The second-order valence-corrected chi connectivity index (χ2v) is 14.8. The van der Waals surface area contributed by atoms with Crippen LogP contribution in [0.4, 0.5) is 0 Å². The Bertz CT molecular complexity index is 413.